The second-order valence-corrected chi connectivity index (χ2v) is 9.58. The normalized spacial score (nSPS) is 14.3. The number of carbonyl (C=O) groups is 1. The standard InChI is InChI=1S/C24H29N5O2S2/c1-31-20-7-5-6-19(16-20)17-22-26-24(33-27-22)29-14-12-28(13-15-29)11-10-25-23(30)18-32-21-8-3-2-4-9-21/h2-9,16H,10-15,17-18H2,1H3,(H,25,30). The molecule has 1 amide bonds. The number of nitrogens with zero attached hydrogens (tertiary/aromatic N) is 4. The van der Waals surface area contributed by atoms with E-state index >= 15 is 0 Å². The number of methoxy groups -OCH3 is 1. The molecule has 0 radical (unpaired) electrons. The first-order valence-electron chi connectivity index (χ1n) is 11.1. The molecule has 3 aromatic rings. The Morgan fingerprint density at radius 1 is 1.12 bits per heavy atom. The van der Waals surface area contributed by atoms with Crippen molar-refractivity contribution in [2.75, 3.05) is 57.0 Å². The average molecular weight is 484 g/mol. The summed E-state index contributed by atoms with van der Waals surface area (Å²) in [6.07, 6.45) is 0.704. The number of rotatable bonds is 10. The van der Waals surface area contributed by atoms with Gasteiger partial charge >= 0.3 is 0 Å². The number of hydrogen-bond acceptors (Lipinski definition) is 8. The minimum absolute atomic E-state index is 0.0833. The lowest BCUT2D eigenvalue weighted by atomic mass is 10.1. The van der Waals surface area contributed by atoms with E-state index in [4.69, 9.17) is 9.72 Å². The van der Waals surface area contributed by atoms with Gasteiger partial charge < -0.3 is 15.0 Å². The van der Waals surface area contributed by atoms with Gasteiger partial charge in [-0.2, -0.15) is 4.37 Å². The molecule has 174 valence electrons. The number of piperazine rings is 1. The molecule has 1 aliphatic rings. The first kappa shape index (κ1) is 23.5. The van der Waals surface area contributed by atoms with Crippen molar-refractivity contribution >= 4 is 34.3 Å². The second kappa shape index (κ2) is 12.0. The summed E-state index contributed by atoms with van der Waals surface area (Å²) < 4.78 is 9.85. The SMILES string of the molecule is COc1cccc(Cc2nsc(N3CCN(CCNC(=O)CSc4ccccc4)CC3)n2)c1. The molecule has 1 N–H and O–H groups in total. The van der Waals surface area contributed by atoms with Crippen LogP contribution in [0.1, 0.15) is 11.4 Å². The van der Waals surface area contributed by atoms with Crippen LogP contribution < -0.4 is 15.0 Å². The first-order valence-corrected chi connectivity index (χ1v) is 12.8. The number of amides is 1. The molecule has 0 spiro atoms. The molecular formula is C24H29N5O2S2. The van der Waals surface area contributed by atoms with Crippen molar-refractivity contribution in [1.29, 1.82) is 0 Å². The van der Waals surface area contributed by atoms with Crippen LogP contribution in [0.25, 0.3) is 0 Å². The maximum absolute atomic E-state index is 12.1. The van der Waals surface area contributed by atoms with Crippen LogP contribution in [-0.4, -0.2) is 72.3 Å². The molecule has 2 aromatic carbocycles. The second-order valence-electron chi connectivity index (χ2n) is 7.80. The maximum Gasteiger partial charge on any atom is 0.230 e. The molecule has 0 aliphatic carbocycles. The lowest BCUT2D eigenvalue weighted by molar-refractivity contribution is -0.118. The monoisotopic (exact) mass is 483 g/mol. The Bertz CT molecular complexity index is 1020. The highest BCUT2D eigenvalue weighted by Crippen LogP contribution is 2.22. The Morgan fingerprint density at radius 2 is 1.94 bits per heavy atom. The largest absolute Gasteiger partial charge is 0.497 e. The van der Waals surface area contributed by atoms with E-state index in [0.29, 0.717) is 18.7 Å². The van der Waals surface area contributed by atoms with Gasteiger partial charge in [-0.15, -0.1) is 11.8 Å². The van der Waals surface area contributed by atoms with Crippen LogP contribution in [0.2, 0.25) is 0 Å². The van der Waals surface area contributed by atoms with E-state index in [1.165, 1.54) is 11.5 Å². The molecule has 2 heterocycles. The fourth-order valence-electron chi connectivity index (χ4n) is 3.64. The van der Waals surface area contributed by atoms with E-state index in [9.17, 15) is 4.79 Å². The summed E-state index contributed by atoms with van der Waals surface area (Å²) in [4.78, 5) is 22.6. The van der Waals surface area contributed by atoms with Gasteiger partial charge in [-0.3, -0.25) is 9.69 Å². The van der Waals surface area contributed by atoms with Gasteiger partial charge in [-0.25, -0.2) is 4.98 Å². The summed E-state index contributed by atoms with van der Waals surface area (Å²) in [7, 11) is 1.68. The lowest BCUT2D eigenvalue weighted by Crippen LogP contribution is -2.48. The number of thioether (sulfide) groups is 1. The van der Waals surface area contributed by atoms with Crippen LogP contribution in [0.4, 0.5) is 5.13 Å². The van der Waals surface area contributed by atoms with Crippen LogP contribution in [-0.2, 0) is 11.2 Å². The van der Waals surface area contributed by atoms with Crippen molar-refractivity contribution in [2.24, 2.45) is 0 Å². The predicted molar refractivity (Wildman–Crippen MR) is 135 cm³/mol. The third kappa shape index (κ3) is 7.18. The Morgan fingerprint density at radius 3 is 2.73 bits per heavy atom. The van der Waals surface area contributed by atoms with E-state index in [1.54, 1.807) is 18.9 Å². The molecule has 1 aromatic heterocycles. The van der Waals surface area contributed by atoms with Crippen LogP contribution in [0.3, 0.4) is 0 Å². The fraction of sp³-hybridized carbons (Fsp3) is 0.375. The quantitative estimate of drug-likeness (QED) is 0.444. The topological polar surface area (TPSA) is 70.6 Å². The number of hydrogen-bond donors (Lipinski definition) is 1. The summed E-state index contributed by atoms with van der Waals surface area (Å²) >= 11 is 3.03. The molecule has 0 atom stereocenters. The van der Waals surface area contributed by atoms with Gasteiger partial charge in [-0.1, -0.05) is 30.3 Å². The number of nitrogens with one attached hydrogen (secondary N) is 1. The zero-order valence-corrected chi connectivity index (χ0v) is 20.4. The number of benzene rings is 2. The summed E-state index contributed by atoms with van der Waals surface area (Å²) in [6, 6.07) is 18.0. The van der Waals surface area contributed by atoms with Crippen LogP contribution in [0.15, 0.2) is 59.5 Å². The van der Waals surface area contributed by atoms with Crippen molar-refractivity contribution in [2.45, 2.75) is 11.3 Å². The smallest absolute Gasteiger partial charge is 0.230 e. The summed E-state index contributed by atoms with van der Waals surface area (Å²) in [5.74, 6) is 2.24. The summed E-state index contributed by atoms with van der Waals surface area (Å²) in [5.41, 5.74) is 1.15. The molecule has 1 saturated heterocycles. The average Bonchev–Trinajstić information content (AvgIpc) is 3.32. The molecule has 0 bridgehead atoms. The number of anilines is 1. The van der Waals surface area contributed by atoms with Crippen LogP contribution in [0.5, 0.6) is 5.75 Å². The van der Waals surface area contributed by atoms with Crippen molar-refractivity contribution in [3.63, 3.8) is 0 Å². The number of aromatic nitrogens is 2. The zero-order valence-electron chi connectivity index (χ0n) is 18.8. The number of ether oxygens (including phenoxy) is 1. The Hall–Kier alpha value is -2.62. The van der Waals surface area contributed by atoms with Gasteiger partial charge in [0.1, 0.15) is 11.6 Å². The Kier molecular flexibility index (Phi) is 8.57. The molecular weight excluding hydrogens is 454 g/mol. The molecule has 0 saturated carbocycles. The van der Waals surface area contributed by atoms with Crippen molar-refractivity contribution < 1.29 is 9.53 Å². The van der Waals surface area contributed by atoms with Gasteiger partial charge in [0.05, 0.1) is 12.9 Å². The van der Waals surface area contributed by atoms with E-state index in [0.717, 1.165) is 59.9 Å². The highest BCUT2D eigenvalue weighted by Gasteiger charge is 2.20. The van der Waals surface area contributed by atoms with E-state index < -0.39 is 0 Å². The zero-order chi connectivity index (χ0) is 22.9. The molecule has 33 heavy (non-hydrogen) atoms. The minimum atomic E-state index is 0.0833. The number of carbonyl (C=O) groups excluding carboxylic acids is 1. The molecule has 7 nitrogen and oxygen atoms in total. The Labute approximate surface area is 203 Å². The predicted octanol–water partition coefficient (Wildman–Crippen LogP) is 3.17. The first-order chi connectivity index (χ1) is 16.2. The molecule has 1 aliphatic heterocycles. The van der Waals surface area contributed by atoms with Gasteiger partial charge in [0.15, 0.2) is 0 Å². The van der Waals surface area contributed by atoms with E-state index in [2.05, 4.69) is 25.6 Å². The maximum atomic E-state index is 12.1. The van der Waals surface area contributed by atoms with E-state index in [-0.39, 0.29) is 5.91 Å². The molecule has 9 heteroatoms. The van der Waals surface area contributed by atoms with Crippen molar-refractivity contribution in [3.05, 3.63) is 66.0 Å². The lowest BCUT2D eigenvalue weighted by Gasteiger charge is -2.34. The van der Waals surface area contributed by atoms with Crippen LogP contribution in [0, 0.1) is 0 Å². The van der Waals surface area contributed by atoms with Crippen LogP contribution >= 0.6 is 23.3 Å². The third-order valence-corrected chi connectivity index (χ3v) is 7.29. The van der Waals surface area contributed by atoms with Gasteiger partial charge in [0, 0.05) is 62.1 Å². The molecule has 0 unspecified atom stereocenters. The van der Waals surface area contributed by atoms with Gasteiger partial charge in [0.25, 0.3) is 0 Å². The van der Waals surface area contributed by atoms with E-state index in [1.807, 2.05) is 48.5 Å². The van der Waals surface area contributed by atoms with Crippen molar-refractivity contribution in [3.8, 4) is 5.75 Å². The fourth-order valence-corrected chi connectivity index (χ4v) is 5.13. The van der Waals surface area contributed by atoms with Crippen molar-refractivity contribution in [1.82, 2.24) is 19.6 Å². The molecule has 1 fully saturated rings. The summed E-state index contributed by atoms with van der Waals surface area (Å²) in [6.45, 7) is 5.31. The highest BCUT2D eigenvalue weighted by atomic mass is 32.2. The minimum Gasteiger partial charge on any atom is -0.497 e. The molecule has 4 rings (SSSR count). The van der Waals surface area contributed by atoms with Gasteiger partial charge in [0.2, 0.25) is 11.0 Å². The summed E-state index contributed by atoms with van der Waals surface area (Å²) in [5, 5.41) is 4.02. The third-order valence-electron chi connectivity index (χ3n) is 5.46. The van der Waals surface area contributed by atoms with Gasteiger partial charge in [-0.05, 0) is 29.8 Å². The Balaban J connectivity index is 1.15. The highest BCUT2D eigenvalue weighted by molar-refractivity contribution is 8.00.